The minimum atomic E-state index is -2.33. The average Bonchev–Trinajstić information content (AvgIpc) is 2.75. The maximum atomic E-state index is 7.11. The van der Waals surface area contributed by atoms with E-state index in [1.165, 1.54) is 0 Å². The quantitative estimate of drug-likeness (QED) is 0.151. The molecule has 2 unspecified atom stereocenters. The van der Waals surface area contributed by atoms with E-state index in [1.807, 2.05) is 48.5 Å². The molecule has 0 fully saturated rings. The minimum Gasteiger partial charge on any atom is -0.454 e. The molecule has 2 atom stereocenters. The lowest BCUT2D eigenvalue weighted by atomic mass is 10.3. The van der Waals surface area contributed by atoms with Crippen molar-refractivity contribution in [1.29, 1.82) is 0 Å². The molecule has 0 aromatic heterocycles. The number of hydrogen-bond acceptors (Lipinski definition) is 7. The van der Waals surface area contributed by atoms with E-state index in [0.717, 1.165) is 48.6 Å². The Morgan fingerprint density at radius 3 is 1.36 bits per heavy atom. The third-order valence-electron chi connectivity index (χ3n) is 5.19. The molecule has 2 aromatic carbocycles. The van der Waals surface area contributed by atoms with Crippen molar-refractivity contribution in [1.82, 2.24) is 0 Å². The Morgan fingerprint density at radius 2 is 1.06 bits per heavy atom. The van der Waals surface area contributed by atoms with E-state index in [4.69, 9.17) is 23.9 Å². The van der Waals surface area contributed by atoms with Gasteiger partial charge in [0.15, 0.2) is 8.32 Å². The van der Waals surface area contributed by atoms with Gasteiger partial charge in [0.2, 0.25) is 8.32 Å². The second-order valence-electron chi connectivity index (χ2n) is 9.45. The van der Waals surface area contributed by atoms with Crippen molar-refractivity contribution in [3.05, 3.63) is 48.5 Å². The van der Waals surface area contributed by atoms with E-state index in [-0.39, 0.29) is 9.75 Å². The number of benzene rings is 2. The molecular formula is C24H40N2O3S2Si2. The summed E-state index contributed by atoms with van der Waals surface area (Å²) in [5.41, 5.74) is 13.1. The van der Waals surface area contributed by atoms with Gasteiger partial charge in [-0.25, -0.2) is 0 Å². The third kappa shape index (κ3) is 9.12. The lowest BCUT2D eigenvalue weighted by Gasteiger charge is -2.43. The van der Waals surface area contributed by atoms with E-state index >= 15 is 0 Å². The molecule has 0 amide bonds. The predicted octanol–water partition coefficient (Wildman–Crippen LogP) is 7.45. The molecule has 5 nitrogen and oxygen atoms in total. The summed E-state index contributed by atoms with van der Waals surface area (Å²) in [6.07, 6.45) is 4.22. The summed E-state index contributed by atoms with van der Waals surface area (Å²) in [4.78, 5) is 0.539. The maximum Gasteiger partial charge on any atom is 0.209 e. The Labute approximate surface area is 211 Å². The van der Waals surface area contributed by atoms with E-state index in [0.29, 0.717) is 0 Å². The van der Waals surface area contributed by atoms with Gasteiger partial charge < -0.3 is 23.9 Å². The van der Waals surface area contributed by atoms with Gasteiger partial charge in [0.25, 0.3) is 0 Å². The summed E-state index contributed by atoms with van der Waals surface area (Å²) in [7, 11) is -4.14. The molecule has 2 aromatic rings. The highest BCUT2D eigenvalue weighted by atomic mass is 32.2. The van der Waals surface area contributed by atoms with Crippen molar-refractivity contribution in [2.75, 3.05) is 11.5 Å². The highest BCUT2D eigenvalue weighted by Crippen LogP contribution is 2.40. The van der Waals surface area contributed by atoms with E-state index in [9.17, 15) is 0 Å². The van der Waals surface area contributed by atoms with Gasteiger partial charge in [-0.1, -0.05) is 26.7 Å². The van der Waals surface area contributed by atoms with Crippen molar-refractivity contribution in [3.8, 4) is 11.5 Å². The van der Waals surface area contributed by atoms with Crippen LogP contribution in [-0.2, 0) is 4.12 Å². The van der Waals surface area contributed by atoms with Crippen molar-refractivity contribution in [3.63, 3.8) is 0 Å². The van der Waals surface area contributed by atoms with Crippen molar-refractivity contribution < 1.29 is 12.5 Å². The van der Waals surface area contributed by atoms with Crippen LogP contribution < -0.4 is 19.8 Å². The Balaban J connectivity index is 2.29. The number of hydrogen-bond donors (Lipinski definition) is 2. The highest BCUT2D eigenvalue weighted by Gasteiger charge is 2.50. The monoisotopic (exact) mass is 524 g/mol. The van der Waals surface area contributed by atoms with Crippen LogP contribution in [0.4, 0.5) is 11.4 Å². The number of rotatable bonds is 14. The summed E-state index contributed by atoms with van der Waals surface area (Å²) in [6.45, 7) is 13.7. The second kappa shape index (κ2) is 13.0. The van der Waals surface area contributed by atoms with Crippen molar-refractivity contribution in [2.24, 2.45) is 0 Å². The predicted molar refractivity (Wildman–Crippen MR) is 152 cm³/mol. The molecule has 0 aliphatic heterocycles. The van der Waals surface area contributed by atoms with Gasteiger partial charge in [0.1, 0.15) is 11.5 Å². The average molecular weight is 525 g/mol. The summed E-state index contributed by atoms with van der Waals surface area (Å²) in [6, 6.07) is 15.2. The van der Waals surface area contributed by atoms with Crippen LogP contribution in [0.3, 0.4) is 0 Å². The normalized spacial score (nSPS) is 15.5. The Hall–Kier alpha value is -1.27. The first-order valence-corrected chi connectivity index (χ1v) is 19.2. The lowest BCUT2D eigenvalue weighted by molar-refractivity contribution is 0.510. The van der Waals surface area contributed by atoms with Crippen LogP contribution in [0.5, 0.6) is 11.5 Å². The zero-order valence-electron chi connectivity index (χ0n) is 20.8. The number of anilines is 2. The van der Waals surface area contributed by atoms with Gasteiger partial charge in [-0.2, -0.15) is 0 Å². The molecule has 33 heavy (non-hydrogen) atoms. The van der Waals surface area contributed by atoms with Crippen LogP contribution >= 0.6 is 24.1 Å². The largest absolute Gasteiger partial charge is 0.454 e. The van der Waals surface area contributed by atoms with Gasteiger partial charge in [-0.15, -0.1) is 0 Å². The smallest absolute Gasteiger partial charge is 0.209 e. The van der Waals surface area contributed by atoms with Crippen molar-refractivity contribution >= 4 is 52.1 Å². The van der Waals surface area contributed by atoms with Gasteiger partial charge in [0.05, 0.1) is 33.8 Å². The first-order valence-electron chi connectivity index (χ1n) is 11.6. The Kier molecular flexibility index (Phi) is 11.0. The fourth-order valence-electron chi connectivity index (χ4n) is 3.66. The van der Waals surface area contributed by atoms with Crippen molar-refractivity contribution in [2.45, 2.75) is 75.5 Å². The summed E-state index contributed by atoms with van der Waals surface area (Å²) < 4.78 is 19.5. The summed E-state index contributed by atoms with van der Waals surface area (Å²) >= 11 is 3.13. The molecule has 0 radical (unpaired) electrons. The molecule has 0 saturated carbocycles. The van der Waals surface area contributed by atoms with Gasteiger partial charge in [0, 0.05) is 11.4 Å². The van der Waals surface area contributed by atoms with Crippen LogP contribution in [0.2, 0.25) is 26.2 Å². The molecule has 0 spiro atoms. The molecule has 4 N–H and O–H groups in total. The van der Waals surface area contributed by atoms with Crippen LogP contribution in [0.25, 0.3) is 0 Å². The van der Waals surface area contributed by atoms with E-state index in [1.54, 1.807) is 24.1 Å². The first-order chi connectivity index (χ1) is 15.6. The zero-order valence-corrected chi connectivity index (χ0v) is 24.4. The van der Waals surface area contributed by atoms with E-state index in [2.05, 4.69) is 40.0 Å². The molecular weight excluding hydrogens is 485 g/mol. The van der Waals surface area contributed by atoms with Crippen LogP contribution in [-0.4, -0.2) is 26.4 Å². The summed E-state index contributed by atoms with van der Waals surface area (Å²) in [5, 5.41) is 0. The Morgan fingerprint density at radius 1 is 0.697 bits per heavy atom. The van der Waals surface area contributed by atoms with Gasteiger partial charge in [-0.3, -0.25) is 0 Å². The fraction of sp³-hybridized carbons (Fsp3) is 0.500. The zero-order chi connectivity index (χ0) is 24.5. The molecule has 0 bridgehead atoms. The first kappa shape index (κ1) is 28.0. The lowest BCUT2D eigenvalue weighted by Crippen LogP contribution is -2.60. The molecule has 184 valence electrons. The maximum absolute atomic E-state index is 7.11. The van der Waals surface area contributed by atoms with Gasteiger partial charge >= 0.3 is 0 Å². The van der Waals surface area contributed by atoms with Crippen LogP contribution in [0, 0.1) is 0 Å². The molecule has 0 heterocycles. The van der Waals surface area contributed by atoms with Gasteiger partial charge in [-0.05, 0) is 87.6 Å². The molecule has 0 aliphatic rings. The fourth-order valence-corrected chi connectivity index (χ4v) is 17.4. The molecule has 0 saturated heterocycles. The van der Waals surface area contributed by atoms with Crippen LogP contribution in [0.1, 0.15) is 39.5 Å². The highest BCUT2D eigenvalue weighted by molar-refractivity contribution is 8.00. The molecule has 0 aliphatic carbocycles. The standard InChI is InChI=1S/C24H40N2O3S2Si2/c1-7-9-23(30-27-21-15-11-19(25)12-16-21)33(6,29-32(3,4)5)24(10-8-2)31-28-22-17-13-20(26)14-18-22/h11-18,23-24H,7-10,25-26H2,1-6H3. The number of nitrogen functional groups attached to an aromatic ring is 2. The SMILES string of the molecule is CCCC(SOc1ccc(N)cc1)[Si](C)(O[Si](C)(C)C)C(CCC)SOc1ccc(N)cc1. The summed E-state index contributed by atoms with van der Waals surface area (Å²) in [5.74, 6) is 1.63. The second-order valence-corrected chi connectivity index (χ2v) is 20.9. The minimum absolute atomic E-state index is 0.269. The topological polar surface area (TPSA) is 79.7 Å². The molecule has 9 heteroatoms. The Bertz CT molecular complexity index is 774. The van der Waals surface area contributed by atoms with Crippen LogP contribution in [0.15, 0.2) is 48.5 Å². The molecule has 2 rings (SSSR count). The number of nitrogens with two attached hydrogens (primary N) is 2. The van der Waals surface area contributed by atoms with E-state index < -0.39 is 16.6 Å². The third-order valence-corrected chi connectivity index (χ3v) is 17.4.